The molecule has 5 N–H and O–H groups in total. The predicted molar refractivity (Wildman–Crippen MR) is 80.6 cm³/mol. The first kappa shape index (κ1) is 13.7. The average molecular weight is 305 g/mol. The van der Waals surface area contributed by atoms with E-state index in [-0.39, 0.29) is 11.6 Å². The van der Waals surface area contributed by atoms with Gasteiger partial charge in [0.05, 0.1) is 5.56 Å². The van der Waals surface area contributed by atoms with Gasteiger partial charge in [-0.3, -0.25) is 9.59 Å². The molecule has 0 bridgehead atoms. The van der Waals surface area contributed by atoms with Crippen LogP contribution < -0.4 is 16.8 Å². The molecule has 0 aromatic carbocycles. The number of nitrogens with two attached hydrogens (primary N) is 2. The number of nitrogens with one attached hydrogen (secondary N) is 1. The number of thiophene rings is 1. The molecular weight excluding hydrogens is 290 g/mol. The van der Waals surface area contributed by atoms with Gasteiger partial charge in [0.2, 0.25) is 0 Å². The van der Waals surface area contributed by atoms with Crippen LogP contribution in [0.4, 0.5) is 10.9 Å². The van der Waals surface area contributed by atoms with Crippen LogP contribution in [0.3, 0.4) is 0 Å². The second kappa shape index (κ2) is 5.25. The van der Waals surface area contributed by atoms with Crippen LogP contribution in [0.2, 0.25) is 0 Å². The molecule has 0 aliphatic heterocycles. The summed E-state index contributed by atoms with van der Waals surface area (Å²) in [5.74, 6) is -0.675. The van der Waals surface area contributed by atoms with Crippen LogP contribution in [0, 0.1) is 0 Å². The van der Waals surface area contributed by atoms with Gasteiger partial charge in [-0.2, -0.15) is 0 Å². The fourth-order valence-electron chi connectivity index (χ4n) is 2.55. The predicted octanol–water partition coefficient (Wildman–Crippen LogP) is 2.15. The van der Waals surface area contributed by atoms with Gasteiger partial charge in [-0.15, -0.1) is 11.3 Å². The largest absolute Gasteiger partial charge is 0.436 e. The highest BCUT2D eigenvalue weighted by Crippen LogP contribution is 2.38. The smallest absolute Gasteiger partial charge is 0.292 e. The highest BCUT2D eigenvalue weighted by molar-refractivity contribution is 7.17. The second-order valence-corrected chi connectivity index (χ2v) is 6.04. The molecule has 0 atom stereocenters. The minimum Gasteiger partial charge on any atom is -0.436 e. The molecule has 6 nitrogen and oxygen atoms in total. The monoisotopic (exact) mass is 305 g/mol. The van der Waals surface area contributed by atoms with Crippen molar-refractivity contribution in [2.24, 2.45) is 5.73 Å². The van der Waals surface area contributed by atoms with Gasteiger partial charge in [-0.25, -0.2) is 0 Å². The van der Waals surface area contributed by atoms with E-state index in [1.54, 1.807) is 0 Å². The normalized spacial score (nSPS) is 13.7. The van der Waals surface area contributed by atoms with Crippen molar-refractivity contribution in [2.45, 2.75) is 25.7 Å². The van der Waals surface area contributed by atoms with Gasteiger partial charge in [0.15, 0.2) is 11.6 Å². The van der Waals surface area contributed by atoms with E-state index in [4.69, 9.17) is 15.9 Å². The van der Waals surface area contributed by atoms with Crippen LogP contribution in [-0.4, -0.2) is 11.8 Å². The molecular formula is C14H15N3O3S. The first-order valence-electron chi connectivity index (χ1n) is 6.67. The number of fused-ring (bicyclic) bond motifs is 1. The van der Waals surface area contributed by atoms with Crippen LogP contribution in [0.25, 0.3) is 0 Å². The van der Waals surface area contributed by atoms with E-state index < -0.39 is 11.8 Å². The van der Waals surface area contributed by atoms with Crippen molar-refractivity contribution in [3.8, 4) is 0 Å². The average Bonchev–Trinajstić information content (AvgIpc) is 3.01. The summed E-state index contributed by atoms with van der Waals surface area (Å²) in [6, 6.07) is 2.99. The Morgan fingerprint density at radius 1 is 1.24 bits per heavy atom. The highest BCUT2D eigenvalue weighted by atomic mass is 32.1. The van der Waals surface area contributed by atoms with E-state index in [9.17, 15) is 9.59 Å². The Bertz CT molecular complexity index is 717. The number of rotatable bonds is 3. The number of hydrogen-bond acceptors (Lipinski definition) is 5. The number of carbonyl (C=O) groups is 2. The van der Waals surface area contributed by atoms with E-state index >= 15 is 0 Å². The molecule has 0 fully saturated rings. The van der Waals surface area contributed by atoms with Crippen molar-refractivity contribution in [1.29, 1.82) is 0 Å². The number of hydrogen-bond donors (Lipinski definition) is 3. The topological polar surface area (TPSA) is 111 Å². The summed E-state index contributed by atoms with van der Waals surface area (Å²) in [6.07, 6.45) is 3.87. The highest BCUT2D eigenvalue weighted by Gasteiger charge is 2.25. The molecule has 0 unspecified atom stereocenters. The van der Waals surface area contributed by atoms with Gasteiger partial charge < -0.3 is 21.2 Å². The Balaban J connectivity index is 1.93. The second-order valence-electron chi connectivity index (χ2n) is 4.94. The molecule has 21 heavy (non-hydrogen) atoms. The lowest BCUT2D eigenvalue weighted by molar-refractivity contribution is 0.0998. The van der Waals surface area contributed by atoms with Crippen LogP contribution in [-0.2, 0) is 12.8 Å². The number of furan rings is 1. The molecule has 0 spiro atoms. The Hall–Kier alpha value is -2.28. The van der Waals surface area contributed by atoms with E-state index in [2.05, 4.69) is 5.32 Å². The first-order valence-corrected chi connectivity index (χ1v) is 7.49. The minimum atomic E-state index is -0.511. The van der Waals surface area contributed by atoms with Gasteiger partial charge in [0, 0.05) is 10.9 Å². The van der Waals surface area contributed by atoms with Crippen LogP contribution in [0.1, 0.15) is 44.2 Å². The van der Waals surface area contributed by atoms with E-state index in [0.717, 1.165) is 36.1 Å². The summed E-state index contributed by atoms with van der Waals surface area (Å²) in [6.45, 7) is 0. The molecule has 7 heteroatoms. The fraction of sp³-hybridized carbons (Fsp3) is 0.286. The van der Waals surface area contributed by atoms with Gasteiger partial charge in [-0.05, 0) is 37.3 Å². The van der Waals surface area contributed by atoms with Gasteiger partial charge in [-0.1, -0.05) is 0 Å². The third-order valence-electron chi connectivity index (χ3n) is 3.50. The summed E-state index contributed by atoms with van der Waals surface area (Å²) in [7, 11) is 0. The Kier molecular flexibility index (Phi) is 3.42. The van der Waals surface area contributed by atoms with Crippen molar-refractivity contribution in [1.82, 2.24) is 0 Å². The Morgan fingerprint density at radius 3 is 2.67 bits per heavy atom. The molecule has 0 saturated heterocycles. The summed E-state index contributed by atoms with van der Waals surface area (Å²) >= 11 is 1.41. The lowest BCUT2D eigenvalue weighted by atomic mass is 9.95. The third-order valence-corrected chi connectivity index (χ3v) is 4.70. The minimum absolute atomic E-state index is 0.106. The van der Waals surface area contributed by atoms with Gasteiger partial charge >= 0.3 is 0 Å². The van der Waals surface area contributed by atoms with Crippen molar-refractivity contribution in [2.75, 3.05) is 11.1 Å². The summed E-state index contributed by atoms with van der Waals surface area (Å²) in [5, 5.41) is 3.20. The lowest BCUT2D eigenvalue weighted by Crippen LogP contribution is -2.18. The van der Waals surface area contributed by atoms with E-state index in [0.29, 0.717) is 10.6 Å². The number of anilines is 2. The maximum absolute atomic E-state index is 12.1. The van der Waals surface area contributed by atoms with Crippen molar-refractivity contribution in [3.63, 3.8) is 0 Å². The van der Waals surface area contributed by atoms with E-state index in [1.165, 1.54) is 23.5 Å². The van der Waals surface area contributed by atoms with Crippen LogP contribution in [0.5, 0.6) is 0 Å². The zero-order valence-corrected chi connectivity index (χ0v) is 12.1. The molecule has 3 rings (SSSR count). The SMILES string of the molecule is NC(=O)c1c(NC(=O)c2ccc(N)o2)sc2c1CCCC2. The fourth-order valence-corrected chi connectivity index (χ4v) is 3.84. The Labute approximate surface area is 125 Å². The molecule has 2 aromatic rings. The first-order chi connectivity index (χ1) is 10.1. The van der Waals surface area contributed by atoms with Crippen molar-refractivity contribution >= 4 is 34.0 Å². The third kappa shape index (κ3) is 2.52. The van der Waals surface area contributed by atoms with Crippen LogP contribution >= 0.6 is 11.3 Å². The molecule has 2 aromatic heterocycles. The molecule has 0 radical (unpaired) electrons. The number of carbonyl (C=O) groups excluding carboxylic acids is 2. The summed E-state index contributed by atoms with van der Waals surface area (Å²) < 4.78 is 5.07. The van der Waals surface area contributed by atoms with E-state index in [1.807, 2.05) is 0 Å². The molecule has 1 aliphatic carbocycles. The lowest BCUT2D eigenvalue weighted by Gasteiger charge is -2.11. The molecule has 0 saturated carbocycles. The molecule has 110 valence electrons. The van der Waals surface area contributed by atoms with Crippen molar-refractivity contribution < 1.29 is 14.0 Å². The number of nitrogen functional groups attached to an aromatic ring is 1. The molecule has 2 amide bonds. The van der Waals surface area contributed by atoms with Gasteiger partial charge in [0.25, 0.3) is 11.8 Å². The van der Waals surface area contributed by atoms with Gasteiger partial charge in [0.1, 0.15) is 5.00 Å². The summed E-state index contributed by atoms with van der Waals surface area (Å²) in [4.78, 5) is 24.9. The number of aryl methyl sites for hydroxylation is 1. The Morgan fingerprint density at radius 2 is 2.00 bits per heavy atom. The molecule has 1 aliphatic rings. The standard InChI is InChI=1S/C14H15N3O3S/c15-10-6-5-8(20-10)13(19)17-14-11(12(16)18)7-3-1-2-4-9(7)21-14/h5-6H,1-4,15H2,(H2,16,18)(H,17,19). The maximum atomic E-state index is 12.1. The maximum Gasteiger partial charge on any atom is 0.292 e. The van der Waals surface area contributed by atoms with Crippen molar-refractivity contribution in [3.05, 3.63) is 33.9 Å². The summed E-state index contributed by atoms with van der Waals surface area (Å²) in [5.41, 5.74) is 12.3. The zero-order valence-electron chi connectivity index (χ0n) is 11.3. The molecule has 2 heterocycles. The number of primary amides is 1. The van der Waals surface area contributed by atoms with Crippen LogP contribution in [0.15, 0.2) is 16.5 Å². The zero-order chi connectivity index (χ0) is 15.0. The number of amides is 2. The quantitative estimate of drug-likeness (QED) is 0.806.